The van der Waals surface area contributed by atoms with Crippen LogP contribution in [0.25, 0.3) is 0 Å². The number of hydrazine groups is 1. The molecule has 3 N–H and O–H groups in total. The van der Waals surface area contributed by atoms with Crippen LogP contribution >= 0.6 is 11.3 Å². The molecule has 0 unspecified atom stereocenters. The van der Waals surface area contributed by atoms with Gasteiger partial charge in [-0.2, -0.15) is 4.31 Å². The predicted molar refractivity (Wildman–Crippen MR) is 142 cm³/mol. The van der Waals surface area contributed by atoms with Crippen LogP contribution in [0.1, 0.15) is 64.8 Å². The van der Waals surface area contributed by atoms with Crippen molar-refractivity contribution in [1.29, 1.82) is 0 Å². The van der Waals surface area contributed by atoms with E-state index >= 15 is 0 Å². The lowest BCUT2D eigenvalue weighted by molar-refractivity contribution is -0.119. The van der Waals surface area contributed by atoms with E-state index in [1.807, 2.05) is 0 Å². The SMILES string of the molecule is CCN1CCc2c(sc(NC(=O)c3ccc(S(=O)(=O)N4CCC(C)CC4)cc3)c2C(=O)NNC(C)=O)C1. The van der Waals surface area contributed by atoms with Crippen molar-refractivity contribution in [3.63, 3.8) is 0 Å². The third-order valence-corrected chi connectivity index (χ3v) is 9.93. The molecule has 0 bridgehead atoms. The van der Waals surface area contributed by atoms with Gasteiger partial charge in [-0.15, -0.1) is 11.3 Å². The van der Waals surface area contributed by atoms with Crippen molar-refractivity contribution >= 4 is 44.1 Å². The highest BCUT2D eigenvalue weighted by atomic mass is 32.2. The van der Waals surface area contributed by atoms with Crippen LogP contribution in [0.5, 0.6) is 0 Å². The Kier molecular flexibility index (Phi) is 8.32. The molecule has 2 aromatic rings. The molecule has 3 heterocycles. The molecule has 200 valence electrons. The molecule has 1 saturated heterocycles. The van der Waals surface area contributed by atoms with Crippen LogP contribution in [-0.4, -0.2) is 61.5 Å². The van der Waals surface area contributed by atoms with Crippen molar-refractivity contribution in [2.75, 3.05) is 31.5 Å². The molecular formula is C25H33N5O5S2. The monoisotopic (exact) mass is 547 g/mol. The van der Waals surface area contributed by atoms with Crippen molar-refractivity contribution in [2.45, 2.75) is 51.5 Å². The zero-order valence-corrected chi connectivity index (χ0v) is 22.9. The van der Waals surface area contributed by atoms with Gasteiger partial charge in [-0.1, -0.05) is 13.8 Å². The van der Waals surface area contributed by atoms with Gasteiger partial charge in [0.25, 0.3) is 11.8 Å². The maximum absolute atomic E-state index is 13.1. The fourth-order valence-corrected chi connectivity index (χ4v) is 7.34. The maximum atomic E-state index is 13.1. The first-order valence-electron chi connectivity index (χ1n) is 12.5. The number of nitrogens with one attached hydrogen (secondary N) is 3. The molecule has 0 aliphatic carbocycles. The van der Waals surface area contributed by atoms with E-state index < -0.39 is 27.7 Å². The molecule has 1 aromatic carbocycles. The summed E-state index contributed by atoms with van der Waals surface area (Å²) in [5.74, 6) is -0.842. The Bertz CT molecular complexity index is 1280. The molecule has 0 saturated carbocycles. The van der Waals surface area contributed by atoms with Gasteiger partial charge < -0.3 is 5.32 Å². The fourth-order valence-electron chi connectivity index (χ4n) is 4.59. The minimum atomic E-state index is -3.62. The number of benzene rings is 1. The summed E-state index contributed by atoms with van der Waals surface area (Å²) in [7, 11) is -3.62. The first kappa shape index (κ1) is 27.2. The topological polar surface area (TPSA) is 128 Å². The van der Waals surface area contributed by atoms with Crippen molar-refractivity contribution in [3.05, 3.63) is 45.8 Å². The number of amides is 3. The van der Waals surface area contributed by atoms with Gasteiger partial charge >= 0.3 is 0 Å². The van der Waals surface area contributed by atoms with Crippen LogP contribution in [-0.2, 0) is 27.8 Å². The van der Waals surface area contributed by atoms with Crippen molar-refractivity contribution in [2.24, 2.45) is 5.92 Å². The molecule has 12 heteroatoms. The molecule has 0 atom stereocenters. The summed E-state index contributed by atoms with van der Waals surface area (Å²) in [5.41, 5.74) is 6.20. The number of thiophene rings is 1. The molecule has 3 amide bonds. The summed E-state index contributed by atoms with van der Waals surface area (Å²) in [6.07, 6.45) is 2.32. The Labute approximate surface area is 221 Å². The first-order chi connectivity index (χ1) is 17.6. The number of nitrogens with zero attached hydrogens (tertiary/aromatic N) is 2. The van der Waals surface area contributed by atoms with Crippen molar-refractivity contribution in [3.8, 4) is 0 Å². The van der Waals surface area contributed by atoms with E-state index in [2.05, 4.69) is 34.9 Å². The average Bonchev–Trinajstić information content (AvgIpc) is 3.24. The number of carbonyl (C=O) groups is 3. The highest BCUT2D eigenvalue weighted by Gasteiger charge is 2.30. The molecule has 1 aromatic heterocycles. The standard InChI is InChI=1S/C25H33N5O5S2/c1-4-29-12-11-20-21(15-29)36-25(22(20)24(33)28-27-17(3)31)26-23(32)18-5-7-19(8-6-18)37(34,35)30-13-9-16(2)10-14-30/h5-8,16H,4,9-15H2,1-3H3,(H,26,32)(H,27,31)(H,28,33). The smallest absolute Gasteiger partial charge is 0.272 e. The van der Waals surface area contributed by atoms with E-state index in [4.69, 9.17) is 0 Å². The molecule has 1 fully saturated rings. The van der Waals surface area contributed by atoms with Gasteiger partial charge in [-0.3, -0.25) is 30.1 Å². The maximum Gasteiger partial charge on any atom is 0.272 e. The van der Waals surface area contributed by atoms with E-state index in [-0.39, 0.29) is 10.5 Å². The van der Waals surface area contributed by atoms with Gasteiger partial charge in [0.05, 0.1) is 10.5 Å². The largest absolute Gasteiger partial charge is 0.313 e. The Hall–Kier alpha value is -2.80. The van der Waals surface area contributed by atoms with Crippen LogP contribution in [0.15, 0.2) is 29.2 Å². The van der Waals surface area contributed by atoms with E-state index in [1.54, 1.807) is 0 Å². The lowest BCUT2D eigenvalue weighted by Crippen LogP contribution is -2.41. The highest BCUT2D eigenvalue weighted by Crippen LogP contribution is 2.37. The number of likely N-dealkylation sites (N-methyl/N-ethyl adjacent to an activating group) is 1. The van der Waals surface area contributed by atoms with Crippen LogP contribution in [0.2, 0.25) is 0 Å². The zero-order valence-electron chi connectivity index (χ0n) is 21.3. The van der Waals surface area contributed by atoms with Crippen LogP contribution in [0, 0.1) is 5.92 Å². The summed E-state index contributed by atoms with van der Waals surface area (Å²) >= 11 is 1.34. The van der Waals surface area contributed by atoms with Crippen LogP contribution < -0.4 is 16.2 Å². The molecule has 2 aliphatic rings. The van der Waals surface area contributed by atoms with Crippen LogP contribution in [0.3, 0.4) is 0 Å². The van der Waals surface area contributed by atoms with E-state index in [0.717, 1.165) is 36.4 Å². The summed E-state index contributed by atoms with van der Waals surface area (Å²) in [6.45, 7) is 8.81. The number of fused-ring (bicyclic) bond motifs is 1. The van der Waals surface area contributed by atoms with Gasteiger partial charge in [0, 0.05) is 43.5 Å². The van der Waals surface area contributed by atoms with E-state index in [0.29, 0.717) is 42.5 Å². The Balaban J connectivity index is 1.54. The molecule has 10 nitrogen and oxygen atoms in total. The van der Waals surface area contributed by atoms with Crippen molar-refractivity contribution < 1.29 is 22.8 Å². The number of hydrogen-bond donors (Lipinski definition) is 3. The summed E-state index contributed by atoms with van der Waals surface area (Å²) in [4.78, 5) is 40.8. The van der Waals surface area contributed by atoms with Gasteiger partial charge in [-0.25, -0.2) is 8.42 Å². The highest BCUT2D eigenvalue weighted by molar-refractivity contribution is 7.89. The number of piperidine rings is 1. The molecule has 2 aliphatic heterocycles. The summed E-state index contributed by atoms with van der Waals surface area (Å²) in [6, 6.07) is 5.87. The number of sulfonamides is 1. The second-order valence-electron chi connectivity index (χ2n) is 9.53. The van der Waals surface area contributed by atoms with Gasteiger partial charge in [0.1, 0.15) is 5.00 Å². The summed E-state index contributed by atoms with van der Waals surface area (Å²) < 4.78 is 27.5. The fraction of sp³-hybridized carbons (Fsp3) is 0.480. The molecule has 4 rings (SSSR count). The third kappa shape index (κ3) is 6.03. The Morgan fingerprint density at radius 2 is 1.70 bits per heavy atom. The zero-order chi connectivity index (χ0) is 26.7. The number of rotatable bonds is 6. The quantitative estimate of drug-likeness (QED) is 0.477. The average molecular weight is 548 g/mol. The second-order valence-corrected chi connectivity index (χ2v) is 12.6. The van der Waals surface area contributed by atoms with E-state index in [1.165, 1.54) is 46.8 Å². The van der Waals surface area contributed by atoms with Crippen LogP contribution in [0.4, 0.5) is 5.00 Å². The van der Waals surface area contributed by atoms with Gasteiger partial charge in [-0.05, 0) is 61.6 Å². The lowest BCUT2D eigenvalue weighted by Gasteiger charge is -2.29. The molecule has 0 radical (unpaired) electrons. The Morgan fingerprint density at radius 3 is 2.32 bits per heavy atom. The van der Waals surface area contributed by atoms with Crippen molar-refractivity contribution in [1.82, 2.24) is 20.1 Å². The number of anilines is 1. The predicted octanol–water partition coefficient (Wildman–Crippen LogP) is 2.58. The minimum Gasteiger partial charge on any atom is -0.313 e. The molecular weight excluding hydrogens is 514 g/mol. The van der Waals surface area contributed by atoms with Gasteiger partial charge in [0.2, 0.25) is 15.9 Å². The lowest BCUT2D eigenvalue weighted by atomic mass is 10.0. The summed E-state index contributed by atoms with van der Waals surface area (Å²) in [5, 5.41) is 3.24. The number of hydrogen-bond acceptors (Lipinski definition) is 7. The third-order valence-electron chi connectivity index (χ3n) is 6.89. The minimum absolute atomic E-state index is 0.153. The van der Waals surface area contributed by atoms with Gasteiger partial charge in [0.15, 0.2) is 0 Å². The number of carbonyl (C=O) groups excluding carboxylic acids is 3. The van der Waals surface area contributed by atoms with E-state index in [9.17, 15) is 22.8 Å². The second kappa shape index (κ2) is 11.3. The molecule has 0 spiro atoms. The first-order valence-corrected chi connectivity index (χ1v) is 14.7. The molecule has 37 heavy (non-hydrogen) atoms. The Morgan fingerprint density at radius 1 is 1.03 bits per heavy atom. The normalized spacial score (nSPS) is 17.2.